The topological polar surface area (TPSA) is 74.6 Å². The van der Waals surface area contributed by atoms with Gasteiger partial charge in [-0.15, -0.1) is 24.8 Å². The van der Waals surface area contributed by atoms with Gasteiger partial charge in [-0.1, -0.05) is 0 Å². The summed E-state index contributed by atoms with van der Waals surface area (Å²) in [5.74, 6) is 0.724. The summed E-state index contributed by atoms with van der Waals surface area (Å²) in [6.07, 6.45) is 6.35. The largest absolute Gasteiger partial charge is 0.427 e. The first kappa shape index (κ1) is 23.2. The van der Waals surface area contributed by atoms with E-state index in [1.54, 1.807) is 0 Å². The van der Waals surface area contributed by atoms with Gasteiger partial charge in [-0.2, -0.15) is 0 Å². The molecule has 6 nitrogen and oxygen atoms in total. The Labute approximate surface area is 178 Å². The first-order valence-corrected chi connectivity index (χ1v) is 10.0. The fourth-order valence-corrected chi connectivity index (χ4v) is 4.91. The Balaban J connectivity index is 0.00000140. The van der Waals surface area contributed by atoms with Crippen molar-refractivity contribution in [1.82, 2.24) is 15.5 Å². The van der Waals surface area contributed by atoms with Crippen molar-refractivity contribution in [3.63, 3.8) is 0 Å². The second-order valence-electron chi connectivity index (χ2n) is 7.99. The Morgan fingerprint density at radius 1 is 1.14 bits per heavy atom. The van der Waals surface area contributed by atoms with Crippen molar-refractivity contribution >= 4 is 30.7 Å². The van der Waals surface area contributed by atoms with E-state index in [0.717, 1.165) is 69.6 Å². The van der Waals surface area contributed by atoms with Crippen LogP contribution >= 0.6 is 24.8 Å². The average Bonchev–Trinajstić information content (AvgIpc) is 3.11. The first-order chi connectivity index (χ1) is 12.6. The highest BCUT2D eigenvalue weighted by Crippen LogP contribution is 2.28. The van der Waals surface area contributed by atoms with Gasteiger partial charge in [-0.25, -0.2) is 4.79 Å². The van der Waals surface area contributed by atoms with Crippen molar-refractivity contribution < 1.29 is 9.21 Å². The third kappa shape index (κ3) is 4.73. The number of hydrogen-bond donors (Lipinski definition) is 2. The predicted molar refractivity (Wildman–Crippen MR) is 114 cm³/mol. The van der Waals surface area contributed by atoms with E-state index in [9.17, 15) is 9.59 Å². The predicted octanol–water partition coefficient (Wildman–Crippen LogP) is 2.62. The highest BCUT2D eigenvalue weighted by molar-refractivity contribution is 5.95. The highest BCUT2D eigenvalue weighted by atomic mass is 35.5. The molecular weight excluding hydrogens is 401 g/mol. The molecule has 3 fully saturated rings. The Kier molecular flexibility index (Phi) is 8.37. The minimum absolute atomic E-state index is 0. The number of rotatable bonds is 3. The lowest BCUT2D eigenvalue weighted by Gasteiger charge is -2.37. The summed E-state index contributed by atoms with van der Waals surface area (Å²) in [5.41, 5.74) is 0.416. The minimum atomic E-state index is -0.491. The van der Waals surface area contributed by atoms with Crippen LogP contribution in [0.2, 0.25) is 0 Å². The SMILES string of the molecule is Cc1cc(C2CCNCC2)oc(=O)c1C(=O)N[C@H]1CCCN2CCC[C@@H]12.Cl.Cl. The lowest BCUT2D eigenvalue weighted by molar-refractivity contribution is 0.0863. The molecule has 3 aliphatic rings. The third-order valence-corrected chi connectivity index (χ3v) is 6.29. The third-order valence-electron chi connectivity index (χ3n) is 6.29. The quantitative estimate of drug-likeness (QED) is 0.768. The summed E-state index contributed by atoms with van der Waals surface area (Å²) in [5, 5.41) is 6.46. The zero-order valence-corrected chi connectivity index (χ0v) is 18.0. The minimum Gasteiger partial charge on any atom is -0.427 e. The van der Waals surface area contributed by atoms with Crippen LogP contribution in [0.4, 0.5) is 0 Å². The molecule has 0 spiro atoms. The molecule has 1 aromatic rings. The molecule has 3 aliphatic heterocycles. The summed E-state index contributed by atoms with van der Waals surface area (Å²) in [4.78, 5) is 27.9. The standard InChI is InChI=1S/C20H29N3O3.2ClH/c1-13-12-17(14-6-8-21-9-7-14)26-20(25)18(13)19(24)22-15-4-2-10-23-11-3-5-16(15)23;;/h12,14-16,21H,2-11H2,1H3,(H,22,24);2*1H/t15-,16-;;/m0../s1. The normalized spacial score (nSPS) is 25.3. The Bertz CT molecular complexity index is 734. The molecule has 0 aliphatic carbocycles. The highest BCUT2D eigenvalue weighted by Gasteiger charge is 2.36. The number of aryl methyl sites for hydroxylation is 1. The van der Waals surface area contributed by atoms with Gasteiger partial charge in [-0.3, -0.25) is 9.69 Å². The molecule has 8 heteroatoms. The van der Waals surface area contributed by atoms with Crippen LogP contribution in [0.3, 0.4) is 0 Å². The van der Waals surface area contributed by atoms with Crippen LogP contribution in [0.25, 0.3) is 0 Å². The zero-order chi connectivity index (χ0) is 18.1. The molecule has 1 aromatic heterocycles. The molecule has 158 valence electrons. The molecule has 28 heavy (non-hydrogen) atoms. The number of halogens is 2. The van der Waals surface area contributed by atoms with Crippen molar-refractivity contribution in [3.8, 4) is 0 Å². The van der Waals surface area contributed by atoms with Gasteiger partial charge in [0.25, 0.3) is 5.91 Å². The summed E-state index contributed by atoms with van der Waals surface area (Å²) >= 11 is 0. The zero-order valence-electron chi connectivity index (χ0n) is 16.4. The molecular formula is C20H31Cl2N3O3. The Morgan fingerprint density at radius 2 is 1.82 bits per heavy atom. The van der Waals surface area contributed by atoms with Gasteiger partial charge in [0, 0.05) is 18.0 Å². The van der Waals surface area contributed by atoms with E-state index in [0.29, 0.717) is 6.04 Å². The van der Waals surface area contributed by atoms with Gasteiger partial charge in [0.15, 0.2) is 0 Å². The maximum atomic E-state index is 12.8. The number of nitrogens with zero attached hydrogens (tertiary/aromatic N) is 1. The van der Waals surface area contributed by atoms with Crippen molar-refractivity contribution in [2.45, 2.75) is 63.5 Å². The molecule has 2 atom stereocenters. The van der Waals surface area contributed by atoms with Crippen molar-refractivity contribution in [1.29, 1.82) is 0 Å². The average molecular weight is 432 g/mol. The summed E-state index contributed by atoms with van der Waals surface area (Å²) in [6, 6.07) is 2.46. The van der Waals surface area contributed by atoms with Gasteiger partial charge in [0.1, 0.15) is 11.3 Å². The maximum Gasteiger partial charge on any atom is 0.349 e. The number of hydrogen-bond acceptors (Lipinski definition) is 5. The Morgan fingerprint density at radius 3 is 2.50 bits per heavy atom. The number of carbonyl (C=O) groups excluding carboxylic acids is 1. The summed E-state index contributed by atoms with van der Waals surface area (Å²) in [7, 11) is 0. The molecule has 0 radical (unpaired) electrons. The maximum absolute atomic E-state index is 12.8. The molecule has 4 heterocycles. The lowest BCUT2D eigenvalue weighted by atomic mass is 9.93. The van der Waals surface area contributed by atoms with Crippen molar-refractivity contribution in [2.75, 3.05) is 26.2 Å². The van der Waals surface area contributed by atoms with Crippen molar-refractivity contribution in [3.05, 3.63) is 33.4 Å². The number of amides is 1. The van der Waals surface area contributed by atoms with E-state index < -0.39 is 5.63 Å². The smallest absolute Gasteiger partial charge is 0.349 e. The van der Waals surface area contributed by atoms with Crippen LogP contribution < -0.4 is 16.3 Å². The molecule has 0 aromatic carbocycles. The van der Waals surface area contributed by atoms with Crippen LogP contribution in [0.5, 0.6) is 0 Å². The molecule has 3 saturated heterocycles. The van der Waals surface area contributed by atoms with Crippen LogP contribution in [0, 0.1) is 6.92 Å². The number of nitrogens with one attached hydrogen (secondary N) is 2. The molecule has 0 bridgehead atoms. The van der Waals surface area contributed by atoms with E-state index in [1.165, 1.54) is 6.42 Å². The number of piperidine rings is 2. The van der Waals surface area contributed by atoms with Gasteiger partial charge in [0.2, 0.25) is 0 Å². The van der Waals surface area contributed by atoms with E-state index >= 15 is 0 Å². The lowest BCUT2D eigenvalue weighted by Crippen LogP contribution is -2.53. The fraction of sp³-hybridized carbons (Fsp3) is 0.700. The molecule has 2 N–H and O–H groups in total. The van der Waals surface area contributed by atoms with Crippen LogP contribution in [0.15, 0.2) is 15.3 Å². The fourth-order valence-electron chi connectivity index (χ4n) is 4.91. The molecule has 0 unspecified atom stereocenters. The first-order valence-electron chi connectivity index (χ1n) is 10.0. The van der Waals surface area contributed by atoms with E-state index in [2.05, 4.69) is 15.5 Å². The van der Waals surface area contributed by atoms with E-state index in [1.807, 2.05) is 13.0 Å². The summed E-state index contributed by atoms with van der Waals surface area (Å²) < 4.78 is 5.57. The van der Waals surface area contributed by atoms with Crippen LogP contribution in [0.1, 0.15) is 66.1 Å². The monoisotopic (exact) mass is 431 g/mol. The molecule has 1 amide bonds. The van der Waals surface area contributed by atoms with Gasteiger partial charge < -0.3 is 15.1 Å². The molecule has 4 rings (SSSR count). The number of carbonyl (C=O) groups is 1. The summed E-state index contributed by atoms with van der Waals surface area (Å²) in [6.45, 7) is 5.98. The molecule has 0 saturated carbocycles. The Hall–Kier alpha value is -1.08. The van der Waals surface area contributed by atoms with Gasteiger partial charge >= 0.3 is 5.63 Å². The second-order valence-corrected chi connectivity index (χ2v) is 7.99. The second kappa shape index (κ2) is 10.1. The van der Waals surface area contributed by atoms with Crippen molar-refractivity contribution in [2.24, 2.45) is 0 Å². The number of fused-ring (bicyclic) bond motifs is 1. The van der Waals surface area contributed by atoms with Crippen LogP contribution in [-0.4, -0.2) is 49.1 Å². The van der Waals surface area contributed by atoms with E-state index in [-0.39, 0.29) is 48.2 Å². The van der Waals surface area contributed by atoms with Gasteiger partial charge in [-0.05, 0) is 83.3 Å². The van der Waals surface area contributed by atoms with Crippen LogP contribution in [-0.2, 0) is 0 Å². The van der Waals surface area contributed by atoms with E-state index in [4.69, 9.17) is 4.42 Å². The van der Waals surface area contributed by atoms with Gasteiger partial charge in [0.05, 0.1) is 0 Å².